The SMILES string of the molecule is CC(=O)N1CCN(Cc2ccc(NC(=O)c3cnn(C(C)C)c3)cc2)CC1. The van der Waals surface area contributed by atoms with E-state index in [2.05, 4.69) is 15.3 Å². The lowest BCUT2D eigenvalue weighted by atomic mass is 10.1. The molecule has 0 spiro atoms. The number of anilines is 1. The third kappa shape index (κ3) is 4.95. The predicted octanol–water partition coefficient (Wildman–Crippen LogP) is 2.38. The van der Waals surface area contributed by atoms with Gasteiger partial charge in [-0.2, -0.15) is 5.10 Å². The minimum Gasteiger partial charge on any atom is -0.340 e. The van der Waals surface area contributed by atoms with Gasteiger partial charge in [0, 0.05) is 57.6 Å². The summed E-state index contributed by atoms with van der Waals surface area (Å²) in [5.41, 5.74) is 2.51. The molecule has 7 heteroatoms. The highest BCUT2D eigenvalue weighted by molar-refractivity contribution is 6.03. The van der Waals surface area contributed by atoms with E-state index in [0.29, 0.717) is 5.56 Å². The molecule has 0 aliphatic carbocycles. The molecule has 3 rings (SSSR count). The Bertz CT molecular complexity index is 789. The van der Waals surface area contributed by atoms with Gasteiger partial charge in [-0.25, -0.2) is 0 Å². The van der Waals surface area contributed by atoms with Crippen molar-refractivity contribution in [2.75, 3.05) is 31.5 Å². The first kappa shape index (κ1) is 19.1. The normalized spacial score (nSPS) is 15.2. The topological polar surface area (TPSA) is 70.5 Å². The monoisotopic (exact) mass is 369 g/mol. The van der Waals surface area contributed by atoms with Gasteiger partial charge in [0.25, 0.3) is 5.91 Å². The molecule has 2 amide bonds. The first-order valence-corrected chi connectivity index (χ1v) is 9.34. The van der Waals surface area contributed by atoms with E-state index in [0.717, 1.165) is 38.4 Å². The van der Waals surface area contributed by atoms with Crippen LogP contribution in [0.3, 0.4) is 0 Å². The van der Waals surface area contributed by atoms with Crippen molar-refractivity contribution in [2.24, 2.45) is 0 Å². The van der Waals surface area contributed by atoms with Crippen LogP contribution in [0.5, 0.6) is 0 Å². The highest BCUT2D eigenvalue weighted by Crippen LogP contribution is 2.15. The fourth-order valence-corrected chi connectivity index (χ4v) is 3.11. The number of benzene rings is 1. The van der Waals surface area contributed by atoms with Gasteiger partial charge < -0.3 is 10.2 Å². The largest absolute Gasteiger partial charge is 0.340 e. The van der Waals surface area contributed by atoms with Crippen molar-refractivity contribution in [3.8, 4) is 0 Å². The molecule has 1 aromatic heterocycles. The molecule has 0 radical (unpaired) electrons. The Balaban J connectivity index is 1.52. The molecule has 1 aliphatic heterocycles. The lowest BCUT2D eigenvalue weighted by Gasteiger charge is -2.34. The van der Waals surface area contributed by atoms with Crippen LogP contribution in [-0.2, 0) is 11.3 Å². The van der Waals surface area contributed by atoms with Crippen molar-refractivity contribution in [1.82, 2.24) is 19.6 Å². The predicted molar refractivity (Wildman–Crippen MR) is 105 cm³/mol. The summed E-state index contributed by atoms with van der Waals surface area (Å²) in [5.74, 6) is -0.0105. The summed E-state index contributed by atoms with van der Waals surface area (Å²) in [4.78, 5) is 28.0. The molecule has 1 aromatic carbocycles. The molecule has 0 atom stereocenters. The summed E-state index contributed by atoms with van der Waals surface area (Å²) in [7, 11) is 0. The zero-order valence-corrected chi connectivity index (χ0v) is 16.2. The van der Waals surface area contributed by atoms with Crippen molar-refractivity contribution < 1.29 is 9.59 Å². The van der Waals surface area contributed by atoms with E-state index in [1.807, 2.05) is 43.0 Å². The fraction of sp³-hybridized carbons (Fsp3) is 0.450. The van der Waals surface area contributed by atoms with Crippen molar-refractivity contribution >= 4 is 17.5 Å². The summed E-state index contributed by atoms with van der Waals surface area (Å²) >= 11 is 0. The van der Waals surface area contributed by atoms with E-state index in [1.165, 1.54) is 5.56 Å². The maximum absolute atomic E-state index is 12.3. The third-order valence-corrected chi connectivity index (χ3v) is 4.83. The number of aromatic nitrogens is 2. The summed E-state index contributed by atoms with van der Waals surface area (Å²) in [5, 5.41) is 7.11. The minimum absolute atomic E-state index is 0.147. The van der Waals surface area contributed by atoms with Crippen molar-refractivity contribution in [3.05, 3.63) is 47.8 Å². The van der Waals surface area contributed by atoms with Gasteiger partial charge in [-0.15, -0.1) is 0 Å². The highest BCUT2D eigenvalue weighted by Gasteiger charge is 2.18. The van der Waals surface area contributed by atoms with E-state index in [4.69, 9.17) is 0 Å². The summed E-state index contributed by atoms with van der Waals surface area (Å²) in [6.45, 7) is 9.86. The highest BCUT2D eigenvalue weighted by atomic mass is 16.2. The number of carbonyl (C=O) groups is 2. The van der Waals surface area contributed by atoms with Gasteiger partial charge in [0.2, 0.25) is 5.91 Å². The third-order valence-electron chi connectivity index (χ3n) is 4.83. The van der Waals surface area contributed by atoms with Crippen LogP contribution >= 0.6 is 0 Å². The van der Waals surface area contributed by atoms with Gasteiger partial charge in [-0.05, 0) is 31.5 Å². The Kier molecular flexibility index (Phi) is 5.91. The number of nitrogens with zero attached hydrogens (tertiary/aromatic N) is 4. The second-order valence-electron chi connectivity index (χ2n) is 7.24. The Morgan fingerprint density at radius 1 is 1.11 bits per heavy atom. The minimum atomic E-state index is -0.157. The second-order valence-corrected chi connectivity index (χ2v) is 7.24. The molecular weight excluding hydrogens is 342 g/mol. The lowest BCUT2D eigenvalue weighted by Crippen LogP contribution is -2.47. The number of rotatable bonds is 5. The number of carbonyl (C=O) groups excluding carboxylic acids is 2. The van der Waals surface area contributed by atoms with E-state index in [-0.39, 0.29) is 17.9 Å². The zero-order chi connectivity index (χ0) is 19.4. The zero-order valence-electron chi connectivity index (χ0n) is 16.2. The van der Waals surface area contributed by atoms with Crippen molar-refractivity contribution in [2.45, 2.75) is 33.4 Å². The van der Waals surface area contributed by atoms with Crippen LogP contribution < -0.4 is 5.32 Å². The molecule has 1 fully saturated rings. The Morgan fingerprint density at radius 3 is 2.33 bits per heavy atom. The Morgan fingerprint density at radius 2 is 1.78 bits per heavy atom. The molecule has 0 unspecified atom stereocenters. The Labute approximate surface area is 159 Å². The standard InChI is InChI=1S/C20H27N5O2/c1-15(2)25-14-18(12-21-25)20(27)22-19-6-4-17(5-7-19)13-23-8-10-24(11-9-23)16(3)26/h4-7,12,14-15H,8-11,13H2,1-3H3,(H,22,27). The van der Waals surface area contributed by atoms with E-state index in [1.54, 1.807) is 24.0 Å². The van der Waals surface area contributed by atoms with Crippen LogP contribution in [0.1, 0.15) is 42.7 Å². The Hall–Kier alpha value is -2.67. The van der Waals surface area contributed by atoms with Crippen LogP contribution in [0.4, 0.5) is 5.69 Å². The van der Waals surface area contributed by atoms with Crippen LogP contribution in [0.15, 0.2) is 36.7 Å². The van der Waals surface area contributed by atoms with E-state index in [9.17, 15) is 9.59 Å². The number of nitrogens with one attached hydrogen (secondary N) is 1. The number of amides is 2. The first-order valence-electron chi connectivity index (χ1n) is 9.34. The van der Waals surface area contributed by atoms with Crippen LogP contribution in [0, 0.1) is 0 Å². The molecule has 1 aliphatic rings. The molecule has 1 saturated heterocycles. The van der Waals surface area contributed by atoms with Gasteiger partial charge in [0.15, 0.2) is 0 Å². The van der Waals surface area contributed by atoms with Gasteiger partial charge in [-0.3, -0.25) is 19.2 Å². The average molecular weight is 369 g/mol. The molecule has 2 aromatic rings. The maximum Gasteiger partial charge on any atom is 0.258 e. The van der Waals surface area contributed by atoms with Crippen molar-refractivity contribution in [3.63, 3.8) is 0 Å². The lowest BCUT2D eigenvalue weighted by molar-refractivity contribution is -0.130. The number of piperazine rings is 1. The fourth-order valence-electron chi connectivity index (χ4n) is 3.11. The molecule has 2 heterocycles. The molecular formula is C20H27N5O2. The summed E-state index contributed by atoms with van der Waals surface area (Å²) < 4.78 is 1.77. The van der Waals surface area contributed by atoms with Crippen LogP contribution in [-0.4, -0.2) is 57.6 Å². The maximum atomic E-state index is 12.3. The first-order chi connectivity index (χ1) is 12.9. The number of hydrogen-bond donors (Lipinski definition) is 1. The van der Waals surface area contributed by atoms with Gasteiger partial charge >= 0.3 is 0 Å². The molecule has 0 bridgehead atoms. The van der Waals surface area contributed by atoms with Gasteiger partial charge in [-0.1, -0.05) is 12.1 Å². The van der Waals surface area contributed by atoms with Crippen LogP contribution in [0.2, 0.25) is 0 Å². The number of hydrogen-bond acceptors (Lipinski definition) is 4. The summed E-state index contributed by atoms with van der Waals surface area (Å²) in [6, 6.07) is 8.13. The van der Waals surface area contributed by atoms with Crippen molar-refractivity contribution in [1.29, 1.82) is 0 Å². The average Bonchev–Trinajstić information content (AvgIpc) is 3.14. The smallest absolute Gasteiger partial charge is 0.258 e. The second kappa shape index (κ2) is 8.35. The molecule has 27 heavy (non-hydrogen) atoms. The molecule has 1 N–H and O–H groups in total. The van der Waals surface area contributed by atoms with Gasteiger partial charge in [0.1, 0.15) is 0 Å². The van der Waals surface area contributed by atoms with E-state index >= 15 is 0 Å². The van der Waals surface area contributed by atoms with Gasteiger partial charge in [0.05, 0.1) is 11.8 Å². The molecule has 7 nitrogen and oxygen atoms in total. The molecule has 144 valence electrons. The molecule has 0 saturated carbocycles. The summed E-state index contributed by atoms with van der Waals surface area (Å²) in [6.07, 6.45) is 3.35. The van der Waals surface area contributed by atoms with E-state index < -0.39 is 0 Å². The quantitative estimate of drug-likeness (QED) is 0.878. The van der Waals surface area contributed by atoms with Crippen LogP contribution in [0.25, 0.3) is 0 Å².